The third-order valence-electron chi connectivity index (χ3n) is 4.81. The zero-order valence-corrected chi connectivity index (χ0v) is 12.5. The lowest BCUT2D eigenvalue weighted by Crippen LogP contribution is -2.63. The minimum absolute atomic E-state index is 0.0107. The van der Waals surface area contributed by atoms with Gasteiger partial charge in [0.15, 0.2) is 0 Å². The van der Waals surface area contributed by atoms with Gasteiger partial charge in [0.1, 0.15) is 5.75 Å². The van der Waals surface area contributed by atoms with E-state index in [4.69, 9.17) is 9.47 Å². The molecule has 114 valence electrons. The summed E-state index contributed by atoms with van der Waals surface area (Å²) in [6.45, 7) is 5.13. The van der Waals surface area contributed by atoms with E-state index in [9.17, 15) is 10.1 Å². The summed E-state index contributed by atoms with van der Waals surface area (Å²) in [7, 11) is 1.57. The third-order valence-corrected chi connectivity index (χ3v) is 4.81. The van der Waals surface area contributed by atoms with Gasteiger partial charge in [-0.2, -0.15) is 0 Å². The molecule has 21 heavy (non-hydrogen) atoms. The number of nitro groups is 1. The summed E-state index contributed by atoms with van der Waals surface area (Å²) in [6, 6.07) is 4.87. The van der Waals surface area contributed by atoms with Crippen LogP contribution in [-0.4, -0.2) is 30.8 Å². The Bertz CT molecular complexity index is 573. The molecular formula is C15H20N2O4. The number of fused-ring (bicyclic) bond motifs is 1. The lowest BCUT2D eigenvalue weighted by molar-refractivity contribution is -0.384. The van der Waals surface area contributed by atoms with Crippen molar-refractivity contribution in [3.05, 3.63) is 28.3 Å². The highest BCUT2D eigenvalue weighted by Gasteiger charge is 2.59. The fraction of sp³-hybridized carbons (Fsp3) is 0.600. The standard InChI is InChI=1S/C15H20N2O4/c1-15(2)13(10-6-7-21-14(10)15)16-11-8-9(17(18)19)4-5-12(11)20-3/h4-5,8,10,13-14,16H,6-7H2,1-3H3. The Hall–Kier alpha value is -1.82. The van der Waals surface area contributed by atoms with Crippen LogP contribution in [0.25, 0.3) is 0 Å². The van der Waals surface area contributed by atoms with E-state index in [1.165, 1.54) is 12.1 Å². The summed E-state index contributed by atoms with van der Waals surface area (Å²) in [4.78, 5) is 10.6. The van der Waals surface area contributed by atoms with Crippen LogP contribution in [0.3, 0.4) is 0 Å². The molecule has 1 aliphatic carbocycles. The highest BCUT2D eigenvalue weighted by molar-refractivity contribution is 5.62. The Morgan fingerprint density at radius 2 is 2.24 bits per heavy atom. The smallest absolute Gasteiger partial charge is 0.271 e. The molecule has 1 N–H and O–H groups in total. The molecule has 3 unspecified atom stereocenters. The Labute approximate surface area is 123 Å². The summed E-state index contributed by atoms with van der Waals surface area (Å²) in [5.74, 6) is 1.09. The van der Waals surface area contributed by atoms with E-state index in [1.54, 1.807) is 13.2 Å². The molecule has 6 heteroatoms. The lowest BCUT2D eigenvalue weighted by atomic mass is 9.57. The van der Waals surface area contributed by atoms with Crippen LogP contribution in [0, 0.1) is 21.4 Å². The van der Waals surface area contributed by atoms with Crippen molar-refractivity contribution in [2.45, 2.75) is 32.4 Å². The molecule has 1 aliphatic heterocycles. The molecule has 2 aliphatic rings. The Morgan fingerprint density at radius 1 is 1.48 bits per heavy atom. The third kappa shape index (κ3) is 2.14. The van der Waals surface area contributed by atoms with Crippen molar-refractivity contribution in [2.75, 3.05) is 19.0 Å². The molecule has 3 atom stereocenters. The van der Waals surface area contributed by atoms with E-state index in [1.807, 2.05) is 0 Å². The molecule has 3 rings (SSSR count). The van der Waals surface area contributed by atoms with E-state index >= 15 is 0 Å². The second kappa shape index (κ2) is 4.87. The van der Waals surface area contributed by atoms with E-state index in [0.29, 0.717) is 17.4 Å². The van der Waals surface area contributed by atoms with E-state index in [0.717, 1.165) is 13.0 Å². The molecule has 0 radical (unpaired) electrons. The first-order chi connectivity index (χ1) is 9.95. The van der Waals surface area contributed by atoms with E-state index < -0.39 is 4.92 Å². The molecule has 1 saturated carbocycles. The maximum atomic E-state index is 10.9. The van der Waals surface area contributed by atoms with Gasteiger partial charge >= 0.3 is 0 Å². The molecular weight excluding hydrogens is 272 g/mol. The number of nitro benzene ring substituents is 1. The first-order valence-corrected chi connectivity index (χ1v) is 7.15. The molecule has 0 spiro atoms. The number of methoxy groups -OCH3 is 1. The van der Waals surface area contributed by atoms with Crippen LogP contribution in [0.4, 0.5) is 11.4 Å². The van der Waals surface area contributed by atoms with Gasteiger partial charge < -0.3 is 14.8 Å². The number of nitrogens with zero attached hydrogens (tertiary/aromatic N) is 1. The molecule has 1 heterocycles. The van der Waals surface area contributed by atoms with Crippen molar-refractivity contribution in [3.63, 3.8) is 0 Å². The predicted octanol–water partition coefficient (Wildman–Crippen LogP) is 2.83. The minimum Gasteiger partial charge on any atom is -0.495 e. The van der Waals surface area contributed by atoms with Gasteiger partial charge in [0.2, 0.25) is 0 Å². The zero-order valence-electron chi connectivity index (χ0n) is 12.5. The van der Waals surface area contributed by atoms with Crippen molar-refractivity contribution in [1.29, 1.82) is 0 Å². The van der Waals surface area contributed by atoms with Crippen LogP contribution in [0.15, 0.2) is 18.2 Å². The van der Waals surface area contributed by atoms with Crippen LogP contribution in [0.1, 0.15) is 20.3 Å². The van der Waals surface area contributed by atoms with Crippen LogP contribution >= 0.6 is 0 Å². The fourth-order valence-electron chi connectivity index (χ4n) is 3.71. The van der Waals surface area contributed by atoms with E-state index in [2.05, 4.69) is 19.2 Å². The van der Waals surface area contributed by atoms with Crippen molar-refractivity contribution in [1.82, 2.24) is 0 Å². The lowest BCUT2D eigenvalue weighted by Gasteiger charge is -2.55. The van der Waals surface area contributed by atoms with Crippen LogP contribution in [0.2, 0.25) is 0 Å². The number of non-ortho nitro benzene ring substituents is 1. The van der Waals surface area contributed by atoms with Gasteiger partial charge in [-0.15, -0.1) is 0 Å². The average Bonchev–Trinajstić information content (AvgIpc) is 2.91. The maximum Gasteiger partial charge on any atom is 0.271 e. The quantitative estimate of drug-likeness (QED) is 0.682. The predicted molar refractivity (Wildman–Crippen MR) is 78.7 cm³/mol. The number of hydrogen-bond acceptors (Lipinski definition) is 5. The molecule has 1 aromatic rings. The summed E-state index contributed by atoms with van der Waals surface area (Å²) in [5, 5.41) is 14.4. The van der Waals surface area contributed by atoms with Gasteiger partial charge in [-0.25, -0.2) is 0 Å². The fourth-order valence-corrected chi connectivity index (χ4v) is 3.71. The van der Waals surface area contributed by atoms with Crippen molar-refractivity contribution >= 4 is 11.4 Å². The number of ether oxygens (including phenoxy) is 2. The molecule has 0 aromatic heterocycles. The first-order valence-electron chi connectivity index (χ1n) is 7.15. The first kappa shape index (κ1) is 14.1. The Kier molecular flexibility index (Phi) is 3.28. The Balaban J connectivity index is 1.87. The average molecular weight is 292 g/mol. The summed E-state index contributed by atoms with van der Waals surface area (Å²) in [6.07, 6.45) is 1.31. The minimum atomic E-state index is -0.391. The van der Waals surface area contributed by atoms with Crippen molar-refractivity contribution in [3.8, 4) is 5.75 Å². The summed E-state index contributed by atoms with van der Waals surface area (Å²) < 4.78 is 11.1. The summed E-state index contributed by atoms with van der Waals surface area (Å²) in [5.41, 5.74) is 0.751. The summed E-state index contributed by atoms with van der Waals surface area (Å²) >= 11 is 0. The number of benzene rings is 1. The van der Waals surface area contributed by atoms with Gasteiger partial charge in [0.05, 0.1) is 23.8 Å². The maximum absolute atomic E-state index is 10.9. The van der Waals surface area contributed by atoms with Crippen molar-refractivity contribution < 1.29 is 14.4 Å². The highest BCUT2D eigenvalue weighted by Crippen LogP contribution is 2.53. The van der Waals surface area contributed by atoms with Crippen LogP contribution in [0.5, 0.6) is 5.75 Å². The van der Waals surface area contributed by atoms with Crippen LogP contribution in [-0.2, 0) is 4.74 Å². The van der Waals surface area contributed by atoms with E-state index in [-0.39, 0.29) is 23.2 Å². The number of anilines is 1. The molecule has 0 amide bonds. The SMILES string of the molecule is COc1ccc([N+](=O)[O-])cc1NC1C2CCOC2C1(C)C. The molecule has 0 bridgehead atoms. The molecule has 1 saturated heterocycles. The number of hydrogen-bond donors (Lipinski definition) is 1. The topological polar surface area (TPSA) is 73.6 Å². The molecule has 2 fully saturated rings. The van der Waals surface area contributed by atoms with Crippen LogP contribution < -0.4 is 10.1 Å². The van der Waals surface area contributed by atoms with Gasteiger partial charge in [0.25, 0.3) is 5.69 Å². The van der Waals surface area contributed by atoms with Crippen molar-refractivity contribution in [2.24, 2.45) is 11.3 Å². The number of rotatable bonds is 4. The van der Waals surface area contributed by atoms with Gasteiger partial charge in [-0.3, -0.25) is 10.1 Å². The normalized spacial score (nSPS) is 29.4. The second-order valence-corrected chi connectivity index (χ2v) is 6.33. The monoisotopic (exact) mass is 292 g/mol. The number of nitrogens with one attached hydrogen (secondary N) is 1. The highest BCUT2D eigenvalue weighted by atomic mass is 16.6. The van der Waals surface area contributed by atoms with Gasteiger partial charge in [-0.1, -0.05) is 13.8 Å². The Morgan fingerprint density at radius 3 is 2.90 bits per heavy atom. The molecule has 6 nitrogen and oxygen atoms in total. The largest absolute Gasteiger partial charge is 0.495 e. The second-order valence-electron chi connectivity index (χ2n) is 6.33. The zero-order chi connectivity index (χ0) is 15.2. The molecule has 1 aromatic carbocycles. The van der Waals surface area contributed by atoms with Gasteiger partial charge in [0, 0.05) is 36.1 Å². The van der Waals surface area contributed by atoms with Gasteiger partial charge in [-0.05, 0) is 12.5 Å².